The van der Waals surface area contributed by atoms with Gasteiger partial charge in [-0.25, -0.2) is 4.98 Å². The largest absolute Gasteiger partial charge is 0.487 e. The topological polar surface area (TPSA) is 67.7 Å². The molecule has 0 aliphatic carbocycles. The van der Waals surface area contributed by atoms with Crippen molar-refractivity contribution in [2.24, 2.45) is 0 Å². The molecule has 0 bridgehead atoms. The molecule has 1 aromatic carbocycles. The van der Waals surface area contributed by atoms with Crippen molar-refractivity contribution in [2.75, 3.05) is 11.9 Å². The Bertz CT molecular complexity index is 844. The number of ether oxygens (including phenoxy) is 1. The Morgan fingerprint density at radius 2 is 2.04 bits per heavy atom. The van der Waals surface area contributed by atoms with Gasteiger partial charge in [0.05, 0.1) is 11.7 Å². The highest BCUT2D eigenvalue weighted by Crippen LogP contribution is 2.18. The van der Waals surface area contributed by atoms with Crippen LogP contribution in [0.15, 0.2) is 54.9 Å². The fourth-order valence-electron chi connectivity index (χ4n) is 2.99. The minimum Gasteiger partial charge on any atom is -0.487 e. The second-order valence-corrected chi connectivity index (χ2v) is 6.15. The molecule has 0 radical (unpaired) electrons. The van der Waals surface area contributed by atoms with E-state index >= 15 is 0 Å². The van der Waals surface area contributed by atoms with Crippen LogP contribution in [0, 0.1) is 0 Å². The van der Waals surface area contributed by atoms with Crippen molar-refractivity contribution >= 4 is 42.1 Å². The van der Waals surface area contributed by atoms with Crippen molar-refractivity contribution < 1.29 is 9.53 Å². The standard InChI is InChI=1S/C19H20N4O2.2ClH/c24-19(17-4-3-10-20-17)22-14-6-8-16(9-7-14)25-13-15-12-23-11-2-1-5-18(23)21-15;;/h1-2,5-9,11-12,17,20H,3-4,10,13H2,(H,22,24);2*1H. The first-order valence-electron chi connectivity index (χ1n) is 8.48. The number of halogens is 2. The molecule has 1 aliphatic heterocycles. The summed E-state index contributed by atoms with van der Waals surface area (Å²) in [6.45, 7) is 1.31. The lowest BCUT2D eigenvalue weighted by Gasteiger charge is -2.11. The maximum atomic E-state index is 12.1. The van der Waals surface area contributed by atoms with Gasteiger partial charge in [0, 0.05) is 18.1 Å². The van der Waals surface area contributed by atoms with E-state index in [1.807, 2.05) is 59.3 Å². The summed E-state index contributed by atoms with van der Waals surface area (Å²) in [5, 5.41) is 6.12. The van der Waals surface area contributed by atoms with Gasteiger partial charge >= 0.3 is 0 Å². The van der Waals surface area contributed by atoms with Gasteiger partial charge in [0.15, 0.2) is 0 Å². The first kappa shape index (κ1) is 21.0. The fourth-order valence-corrected chi connectivity index (χ4v) is 2.99. The van der Waals surface area contributed by atoms with E-state index in [2.05, 4.69) is 15.6 Å². The zero-order valence-electron chi connectivity index (χ0n) is 14.6. The molecule has 27 heavy (non-hydrogen) atoms. The number of fused-ring (bicyclic) bond motifs is 1. The minimum atomic E-state index is -0.0778. The Balaban J connectivity index is 0.00000131. The van der Waals surface area contributed by atoms with Gasteiger partial charge in [-0.1, -0.05) is 6.07 Å². The molecule has 144 valence electrons. The summed E-state index contributed by atoms with van der Waals surface area (Å²) >= 11 is 0. The Hall–Kier alpha value is -2.28. The molecule has 8 heteroatoms. The number of rotatable bonds is 5. The number of benzene rings is 1. The Morgan fingerprint density at radius 3 is 2.74 bits per heavy atom. The highest BCUT2D eigenvalue weighted by atomic mass is 35.5. The number of hydrogen-bond donors (Lipinski definition) is 2. The number of anilines is 1. The summed E-state index contributed by atoms with van der Waals surface area (Å²) in [4.78, 5) is 16.6. The van der Waals surface area contributed by atoms with E-state index in [1.54, 1.807) is 0 Å². The lowest BCUT2D eigenvalue weighted by molar-refractivity contribution is -0.117. The number of carbonyl (C=O) groups is 1. The maximum absolute atomic E-state index is 12.1. The normalized spacial score (nSPS) is 15.6. The number of imidazole rings is 1. The van der Waals surface area contributed by atoms with Gasteiger partial charge in [-0.2, -0.15) is 0 Å². The molecular weight excluding hydrogens is 387 g/mol. The van der Waals surface area contributed by atoms with Gasteiger partial charge in [-0.15, -0.1) is 24.8 Å². The van der Waals surface area contributed by atoms with Crippen molar-refractivity contribution in [3.05, 3.63) is 60.6 Å². The molecule has 0 spiro atoms. The van der Waals surface area contributed by atoms with Crippen LogP contribution in [0.1, 0.15) is 18.5 Å². The zero-order valence-corrected chi connectivity index (χ0v) is 16.3. The quantitative estimate of drug-likeness (QED) is 0.678. The predicted octanol–water partition coefficient (Wildman–Crippen LogP) is 3.45. The van der Waals surface area contributed by atoms with Crippen LogP contribution in [0.3, 0.4) is 0 Å². The number of aromatic nitrogens is 2. The average Bonchev–Trinajstić information content (AvgIpc) is 3.30. The average molecular weight is 409 g/mol. The molecule has 2 N–H and O–H groups in total. The summed E-state index contributed by atoms with van der Waals surface area (Å²) in [6.07, 6.45) is 5.86. The second-order valence-electron chi connectivity index (χ2n) is 6.15. The Labute approximate surface area is 170 Å². The lowest BCUT2D eigenvalue weighted by Crippen LogP contribution is -2.35. The van der Waals surface area contributed by atoms with Crippen molar-refractivity contribution in [1.29, 1.82) is 0 Å². The number of amides is 1. The summed E-state index contributed by atoms with van der Waals surface area (Å²) < 4.78 is 7.75. The van der Waals surface area contributed by atoms with Crippen molar-refractivity contribution in [2.45, 2.75) is 25.5 Å². The molecule has 6 nitrogen and oxygen atoms in total. The fraction of sp³-hybridized carbons (Fsp3) is 0.263. The van der Waals surface area contributed by atoms with Crippen LogP contribution in [-0.4, -0.2) is 27.9 Å². The van der Waals surface area contributed by atoms with Crippen LogP contribution < -0.4 is 15.4 Å². The first-order valence-corrected chi connectivity index (χ1v) is 8.48. The van der Waals surface area contributed by atoms with Crippen LogP contribution in [0.25, 0.3) is 5.65 Å². The van der Waals surface area contributed by atoms with Crippen molar-refractivity contribution in [3.63, 3.8) is 0 Å². The third-order valence-corrected chi connectivity index (χ3v) is 4.30. The van der Waals surface area contributed by atoms with E-state index in [-0.39, 0.29) is 36.8 Å². The van der Waals surface area contributed by atoms with Crippen LogP contribution >= 0.6 is 24.8 Å². The number of pyridine rings is 1. The van der Waals surface area contributed by atoms with E-state index in [0.717, 1.165) is 42.2 Å². The van der Waals surface area contributed by atoms with Gasteiger partial charge in [0.1, 0.15) is 18.0 Å². The lowest BCUT2D eigenvalue weighted by atomic mass is 10.2. The summed E-state index contributed by atoms with van der Waals surface area (Å²) in [5.74, 6) is 0.768. The highest BCUT2D eigenvalue weighted by molar-refractivity contribution is 5.95. The third-order valence-electron chi connectivity index (χ3n) is 4.30. The molecule has 1 aliphatic rings. The zero-order chi connectivity index (χ0) is 17.1. The number of nitrogens with zero attached hydrogens (tertiary/aromatic N) is 2. The Kier molecular flexibility index (Phi) is 7.47. The molecule has 1 atom stereocenters. The minimum absolute atomic E-state index is 0. The van der Waals surface area contributed by atoms with Gasteiger partial charge in [0.25, 0.3) is 0 Å². The van der Waals surface area contributed by atoms with Crippen LogP contribution in [0.4, 0.5) is 5.69 Å². The molecule has 1 fully saturated rings. The Morgan fingerprint density at radius 1 is 1.22 bits per heavy atom. The van der Waals surface area contributed by atoms with Gasteiger partial charge in [-0.3, -0.25) is 4.79 Å². The number of carbonyl (C=O) groups excluding carboxylic acids is 1. The van der Waals surface area contributed by atoms with E-state index in [4.69, 9.17) is 4.74 Å². The number of nitrogens with one attached hydrogen (secondary N) is 2. The molecule has 1 amide bonds. The SMILES string of the molecule is Cl.Cl.O=C(Nc1ccc(OCc2cn3ccccc3n2)cc1)C1CCCN1. The molecule has 1 saturated heterocycles. The maximum Gasteiger partial charge on any atom is 0.241 e. The van der Waals surface area contributed by atoms with Gasteiger partial charge < -0.3 is 19.8 Å². The van der Waals surface area contributed by atoms with E-state index in [1.165, 1.54) is 0 Å². The molecular formula is C19H22Cl2N4O2. The number of hydrogen-bond acceptors (Lipinski definition) is 4. The van der Waals surface area contributed by atoms with Crippen LogP contribution in [-0.2, 0) is 11.4 Å². The molecule has 3 aromatic rings. The third kappa shape index (κ3) is 5.13. The van der Waals surface area contributed by atoms with E-state index < -0.39 is 0 Å². The molecule has 4 rings (SSSR count). The van der Waals surface area contributed by atoms with Crippen LogP contribution in [0.2, 0.25) is 0 Å². The summed E-state index contributed by atoms with van der Waals surface area (Å²) in [6, 6.07) is 13.2. The molecule has 3 heterocycles. The molecule has 0 saturated carbocycles. The second kappa shape index (κ2) is 9.60. The first-order chi connectivity index (χ1) is 12.3. The van der Waals surface area contributed by atoms with Crippen molar-refractivity contribution in [1.82, 2.24) is 14.7 Å². The van der Waals surface area contributed by atoms with E-state index in [0.29, 0.717) is 6.61 Å². The summed E-state index contributed by atoms with van der Waals surface area (Å²) in [5.41, 5.74) is 2.55. The monoisotopic (exact) mass is 408 g/mol. The molecule has 1 unspecified atom stereocenters. The highest BCUT2D eigenvalue weighted by Gasteiger charge is 2.21. The molecule has 2 aromatic heterocycles. The van der Waals surface area contributed by atoms with E-state index in [9.17, 15) is 4.79 Å². The predicted molar refractivity (Wildman–Crippen MR) is 110 cm³/mol. The van der Waals surface area contributed by atoms with Gasteiger partial charge in [0.2, 0.25) is 5.91 Å². The van der Waals surface area contributed by atoms with Crippen LogP contribution in [0.5, 0.6) is 5.75 Å². The van der Waals surface area contributed by atoms with Crippen molar-refractivity contribution in [3.8, 4) is 5.75 Å². The van der Waals surface area contributed by atoms with Gasteiger partial charge in [-0.05, 0) is 55.8 Å². The summed E-state index contributed by atoms with van der Waals surface area (Å²) in [7, 11) is 0. The smallest absolute Gasteiger partial charge is 0.241 e.